The van der Waals surface area contributed by atoms with Crippen LogP contribution in [0, 0.1) is 12.7 Å². The molecule has 0 aliphatic carbocycles. The lowest BCUT2D eigenvalue weighted by Crippen LogP contribution is -2.06. The van der Waals surface area contributed by atoms with Crippen LogP contribution in [0.1, 0.15) is 21.6 Å². The van der Waals surface area contributed by atoms with Gasteiger partial charge in [0.15, 0.2) is 0 Å². The third-order valence-corrected chi connectivity index (χ3v) is 5.47. The molecular formula is C23H14Cl3FN2O. The third-order valence-electron chi connectivity index (χ3n) is 4.68. The molecule has 4 rings (SSSR count). The Labute approximate surface area is 187 Å². The van der Waals surface area contributed by atoms with E-state index < -0.39 is 5.82 Å². The topological polar surface area (TPSA) is 34.9 Å². The largest absolute Gasteiger partial charge is 0.287 e. The van der Waals surface area contributed by atoms with Crippen molar-refractivity contribution in [2.24, 2.45) is 0 Å². The highest BCUT2D eigenvalue weighted by Gasteiger charge is 2.24. The van der Waals surface area contributed by atoms with Crippen LogP contribution in [0.5, 0.6) is 0 Å². The van der Waals surface area contributed by atoms with E-state index in [1.54, 1.807) is 48.0 Å². The van der Waals surface area contributed by atoms with Crippen molar-refractivity contribution >= 4 is 40.6 Å². The van der Waals surface area contributed by atoms with Crippen LogP contribution in [0.15, 0.2) is 66.7 Å². The highest BCUT2D eigenvalue weighted by atomic mass is 35.5. The molecule has 1 aromatic heterocycles. The van der Waals surface area contributed by atoms with Crippen molar-refractivity contribution in [1.82, 2.24) is 9.78 Å². The van der Waals surface area contributed by atoms with Gasteiger partial charge < -0.3 is 0 Å². The maximum Gasteiger partial charge on any atom is 0.213 e. The van der Waals surface area contributed by atoms with E-state index in [9.17, 15) is 9.18 Å². The van der Waals surface area contributed by atoms with E-state index in [1.807, 2.05) is 12.1 Å². The summed E-state index contributed by atoms with van der Waals surface area (Å²) in [6, 6.07) is 17.7. The van der Waals surface area contributed by atoms with Gasteiger partial charge >= 0.3 is 0 Å². The number of halogens is 4. The van der Waals surface area contributed by atoms with Gasteiger partial charge in [-0.15, -0.1) is 0 Å². The van der Waals surface area contributed by atoms with Crippen molar-refractivity contribution in [2.45, 2.75) is 6.92 Å². The van der Waals surface area contributed by atoms with Crippen LogP contribution >= 0.6 is 34.8 Å². The average molecular weight is 460 g/mol. The summed E-state index contributed by atoms with van der Waals surface area (Å²) >= 11 is 18.5. The summed E-state index contributed by atoms with van der Waals surface area (Å²) in [6.07, 6.45) is 0. The van der Waals surface area contributed by atoms with Gasteiger partial charge in [-0.1, -0.05) is 59.1 Å². The molecule has 30 heavy (non-hydrogen) atoms. The van der Waals surface area contributed by atoms with E-state index in [4.69, 9.17) is 34.8 Å². The zero-order valence-electron chi connectivity index (χ0n) is 15.7. The van der Waals surface area contributed by atoms with Crippen molar-refractivity contribution in [1.29, 1.82) is 0 Å². The third kappa shape index (κ3) is 3.86. The molecule has 0 aliphatic rings. The fraction of sp³-hybridized carbons (Fsp3) is 0.0435. The first kappa shape index (κ1) is 20.6. The average Bonchev–Trinajstić information content (AvgIpc) is 3.05. The first-order valence-corrected chi connectivity index (χ1v) is 10.1. The second-order valence-corrected chi connectivity index (χ2v) is 7.96. The Morgan fingerprint density at radius 2 is 1.63 bits per heavy atom. The Morgan fingerprint density at radius 3 is 2.30 bits per heavy atom. The minimum atomic E-state index is -0.489. The molecule has 7 heteroatoms. The Hall–Kier alpha value is -2.66. The van der Waals surface area contributed by atoms with Gasteiger partial charge in [-0.25, -0.2) is 9.07 Å². The van der Waals surface area contributed by atoms with Crippen LogP contribution in [0.4, 0.5) is 4.39 Å². The molecule has 0 radical (unpaired) electrons. The van der Waals surface area contributed by atoms with Crippen LogP contribution < -0.4 is 0 Å². The summed E-state index contributed by atoms with van der Waals surface area (Å²) in [5, 5.41) is 6.01. The molecule has 1 heterocycles. The smallest absolute Gasteiger partial charge is 0.213 e. The molecule has 4 aromatic rings. The number of aromatic nitrogens is 2. The normalized spacial score (nSPS) is 11.0. The van der Waals surface area contributed by atoms with E-state index in [-0.39, 0.29) is 17.0 Å². The van der Waals surface area contributed by atoms with Gasteiger partial charge in [0.1, 0.15) is 11.5 Å². The number of hydrogen-bond acceptors (Lipinski definition) is 2. The second kappa shape index (κ2) is 8.23. The standard InChI is InChI=1S/C23H14Cl3FN2O/c1-13-21(23(30)15-3-2-4-18(27)11-15)28-29(20-10-9-17(25)12-19(20)26)22(13)14-5-7-16(24)8-6-14/h2-12H,1H3. The lowest BCUT2D eigenvalue weighted by atomic mass is 10.0. The molecule has 3 aromatic carbocycles. The van der Waals surface area contributed by atoms with Gasteiger partial charge in [-0.05, 0) is 49.4 Å². The lowest BCUT2D eigenvalue weighted by Gasteiger charge is -2.11. The molecule has 0 amide bonds. The number of benzene rings is 3. The Morgan fingerprint density at radius 1 is 0.933 bits per heavy atom. The van der Waals surface area contributed by atoms with E-state index in [1.165, 1.54) is 18.2 Å². The number of carbonyl (C=O) groups excluding carboxylic acids is 1. The molecule has 0 saturated carbocycles. The highest BCUT2D eigenvalue weighted by Crippen LogP contribution is 2.33. The number of hydrogen-bond donors (Lipinski definition) is 0. The van der Waals surface area contributed by atoms with Crippen molar-refractivity contribution < 1.29 is 9.18 Å². The maximum absolute atomic E-state index is 13.7. The zero-order valence-corrected chi connectivity index (χ0v) is 17.9. The van der Waals surface area contributed by atoms with Crippen molar-refractivity contribution in [3.05, 3.63) is 104 Å². The molecule has 0 saturated heterocycles. The number of carbonyl (C=O) groups is 1. The second-order valence-electron chi connectivity index (χ2n) is 6.68. The first-order chi connectivity index (χ1) is 14.3. The molecule has 0 unspecified atom stereocenters. The Kier molecular flexibility index (Phi) is 5.65. The summed E-state index contributed by atoms with van der Waals surface area (Å²) in [6.45, 7) is 1.80. The van der Waals surface area contributed by atoms with Gasteiger partial charge in [-0.2, -0.15) is 5.10 Å². The minimum absolute atomic E-state index is 0.205. The molecule has 0 fully saturated rings. The van der Waals surface area contributed by atoms with E-state index >= 15 is 0 Å². The predicted octanol–water partition coefficient (Wildman–Crippen LogP) is 7.18. The van der Waals surface area contributed by atoms with Gasteiger partial charge in [0.25, 0.3) is 0 Å². The van der Waals surface area contributed by atoms with Gasteiger partial charge in [-0.3, -0.25) is 4.79 Å². The molecule has 0 spiro atoms. The van der Waals surface area contributed by atoms with E-state index in [2.05, 4.69) is 5.10 Å². The van der Waals surface area contributed by atoms with Crippen LogP contribution in [0.25, 0.3) is 16.9 Å². The predicted molar refractivity (Wildman–Crippen MR) is 119 cm³/mol. The monoisotopic (exact) mass is 458 g/mol. The first-order valence-electron chi connectivity index (χ1n) is 8.96. The summed E-state index contributed by atoms with van der Waals surface area (Å²) in [5.74, 6) is -0.873. The SMILES string of the molecule is Cc1c(C(=O)c2cccc(F)c2)nn(-c2ccc(Cl)cc2Cl)c1-c1ccc(Cl)cc1. The lowest BCUT2D eigenvalue weighted by molar-refractivity contribution is 0.103. The summed E-state index contributed by atoms with van der Waals surface area (Å²) in [7, 11) is 0. The van der Waals surface area contributed by atoms with Gasteiger partial charge in [0.2, 0.25) is 5.78 Å². The molecule has 3 nitrogen and oxygen atoms in total. The van der Waals surface area contributed by atoms with Crippen LogP contribution in [0.3, 0.4) is 0 Å². The molecule has 0 N–H and O–H groups in total. The highest BCUT2D eigenvalue weighted by molar-refractivity contribution is 6.35. The Balaban J connectivity index is 1.95. The van der Waals surface area contributed by atoms with E-state index in [0.717, 1.165) is 5.56 Å². The minimum Gasteiger partial charge on any atom is -0.287 e. The van der Waals surface area contributed by atoms with Gasteiger partial charge in [0.05, 0.1) is 16.4 Å². The molecule has 150 valence electrons. The van der Waals surface area contributed by atoms with Crippen molar-refractivity contribution in [3.63, 3.8) is 0 Å². The van der Waals surface area contributed by atoms with Crippen LogP contribution in [-0.4, -0.2) is 15.6 Å². The quantitative estimate of drug-likeness (QED) is 0.303. The molecule has 0 atom stereocenters. The Bertz CT molecular complexity index is 1270. The van der Waals surface area contributed by atoms with E-state index in [0.29, 0.717) is 32.0 Å². The summed E-state index contributed by atoms with van der Waals surface area (Å²) in [5.41, 5.74) is 3.10. The van der Waals surface area contributed by atoms with Crippen LogP contribution in [0.2, 0.25) is 15.1 Å². The summed E-state index contributed by atoms with van der Waals surface area (Å²) in [4.78, 5) is 13.1. The zero-order chi connectivity index (χ0) is 21.4. The molecular weight excluding hydrogens is 446 g/mol. The summed E-state index contributed by atoms with van der Waals surface area (Å²) < 4.78 is 15.3. The number of nitrogens with zero attached hydrogens (tertiary/aromatic N) is 2. The number of rotatable bonds is 4. The fourth-order valence-electron chi connectivity index (χ4n) is 3.25. The van der Waals surface area contributed by atoms with Crippen molar-refractivity contribution in [3.8, 4) is 16.9 Å². The number of ketones is 1. The molecule has 0 aliphatic heterocycles. The molecule has 0 bridgehead atoms. The van der Waals surface area contributed by atoms with Crippen LogP contribution in [-0.2, 0) is 0 Å². The fourth-order valence-corrected chi connectivity index (χ4v) is 3.87. The maximum atomic E-state index is 13.7. The van der Waals surface area contributed by atoms with Crippen molar-refractivity contribution in [2.75, 3.05) is 0 Å². The van der Waals surface area contributed by atoms with Gasteiger partial charge in [0, 0.05) is 26.7 Å².